The van der Waals surface area contributed by atoms with Gasteiger partial charge in [0.2, 0.25) is 5.91 Å². The molecular formula is C21H27N3O4S2. The zero-order valence-electron chi connectivity index (χ0n) is 17.3. The Balaban J connectivity index is 1.73. The Bertz CT molecular complexity index is 1010. The van der Waals surface area contributed by atoms with Gasteiger partial charge < -0.3 is 10.6 Å². The summed E-state index contributed by atoms with van der Waals surface area (Å²) in [5.41, 5.74) is 0.385. The van der Waals surface area contributed by atoms with Crippen LogP contribution in [0.1, 0.15) is 44.0 Å². The number of amides is 2. The number of rotatable bonds is 5. The highest BCUT2D eigenvalue weighted by atomic mass is 32.2. The second-order valence-electron chi connectivity index (χ2n) is 8.37. The van der Waals surface area contributed by atoms with Crippen LogP contribution in [0.2, 0.25) is 0 Å². The minimum Gasteiger partial charge on any atom is -0.347 e. The maximum Gasteiger partial charge on any atom is 0.253 e. The first-order valence-electron chi connectivity index (χ1n) is 9.84. The fourth-order valence-electron chi connectivity index (χ4n) is 3.35. The molecule has 0 bridgehead atoms. The van der Waals surface area contributed by atoms with Gasteiger partial charge in [0.1, 0.15) is 4.21 Å². The van der Waals surface area contributed by atoms with Crippen LogP contribution < -0.4 is 10.6 Å². The SMILES string of the molecule is CC(C)(C)NC(=O)c1ccccc1NC(=O)C1CCCN(S(=O)(=O)c2cccs2)C1. The molecule has 1 atom stereocenters. The quantitative estimate of drug-likeness (QED) is 0.732. The molecular weight excluding hydrogens is 422 g/mol. The Hall–Kier alpha value is -2.23. The van der Waals surface area contributed by atoms with Gasteiger partial charge in [-0.25, -0.2) is 8.42 Å². The maximum atomic E-state index is 12.9. The summed E-state index contributed by atoms with van der Waals surface area (Å²) in [5, 5.41) is 7.45. The summed E-state index contributed by atoms with van der Waals surface area (Å²) in [4.78, 5) is 25.5. The van der Waals surface area contributed by atoms with E-state index in [1.165, 1.54) is 15.6 Å². The van der Waals surface area contributed by atoms with Crippen molar-refractivity contribution in [1.82, 2.24) is 9.62 Å². The van der Waals surface area contributed by atoms with Gasteiger partial charge in [0.15, 0.2) is 0 Å². The number of nitrogens with zero attached hydrogens (tertiary/aromatic N) is 1. The lowest BCUT2D eigenvalue weighted by molar-refractivity contribution is -0.120. The van der Waals surface area contributed by atoms with E-state index in [2.05, 4.69) is 10.6 Å². The third kappa shape index (κ3) is 5.27. The molecule has 0 saturated carbocycles. The normalized spacial score (nSPS) is 18.0. The van der Waals surface area contributed by atoms with Crippen LogP contribution >= 0.6 is 11.3 Å². The molecule has 1 saturated heterocycles. The molecule has 1 aromatic heterocycles. The van der Waals surface area contributed by atoms with Crippen LogP contribution in [0, 0.1) is 5.92 Å². The molecule has 7 nitrogen and oxygen atoms in total. The van der Waals surface area contributed by atoms with Gasteiger partial charge in [-0.15, -0.1) is 11.3 Å². The Morgan fingerprint density at radius 2 is 1.87 bits per heavy atom. The van der Waals surface area contributed by atoms with Gasteiger partial charge in [-0.05, 0) is 57.2 Å². The van der Waals surface area contributed by atoms with Gasteiger partial charge in [-0.1, -0.05) is 18.2 Å². The van der Waals surface area contributed by atoms with Gasteiger partial charge >= 0.3 is 0 Å². The average molecular weight is 450 g/mol. The van der Waals surface area contributed by atoms with Gasteiger partial charge in [-0.3, -0.25) is 9.59 Å². The minimum absolute atomic E-state index is 0.127. The van der Waals surface area contributed by atoms with E-state index in [9.17, 15) is 18.0 Å². The first-order valence-corrected chi connectivity index (χ1v) is 12.2. The van der Waals surface area contributed by atoms with Gasteiger partial charge in [0.05, 0.1) is 17.2 Å². The highest BCUT2D eigenvalue weighted by molar-refractivity contribution is 7.91. The molecule has 2 amide bonds. The molecule has 0 aliphatic carbocycles. The standard InChI is InChI=1S/C21H27N3O4S2/c1-21(2,3)23-20(26)16-9-4-5-10-17(16)22-19(25)15-8-6-12-24(14-15)30(27,28)18-11-7-13-29-18/h4-5,7,9-11,13,15H,6,8,12,14H2,1-3H3,(H,22,25)(H,23,26). The molecule has 9 heteroatoms. The van der Waals surface area contributed by atoms with E-state index in [0.29, 0.717) is 30.6 Å². The molecule has 1 fully saturated rings. The topological polar surface area (TPSA) is 95.6 Å². The summed E-state index contributed by atoms with van der Waals surface area (Å²) in [6.07, 6.45) is 1.20. The van der Waals surface area contributed by atoms with E-state index < -0.39 is 21.5 Å². The van der Waals surface area contributed by atoms with Gasteiger partial charge in [0, 0.05) is 18.6 Å². The number of sulfonamides is 1. The highest BCUT2D eigenvalue weighted by Gasteiger charge is 2.34. The van der Waals surface area contributed by atoms with Crippen molar-refractivity contribution in [2.45, 2.75) is 43.4 Å². The lowest BCUT2D eigenvalue weighted by Crippen LogP contribution is -2.44. The number of piperidine rings is 1. The number of anilines is 1. The van der Waals surface area contributed by atoms with Crippen molar-refractivity contribution < 1.29 is 18.0 Å². The zero-order chi connectivity index (χ0) is 21.9. The summed E-state index contributed by atoms with van der Waals surface area (Å²) in [6, 6.07) is 10.1. The van der Waals surface area contributed by atoms with E-state index in [-0.39, 0.29) is 22.6 Å². The molecule has 1 unspecified atom stereocenters. The number of thiophene rings is 1. The van der Waals surface area contributed by atoms with E-state index in [4.69, 9.17) is 0 Å². The second-order valence-corrected chi connectivity index (χ2v) is 11.5. The summed E-state index contributed by atoms with van der Waals surface area (Å²) >= 11 is 1.17. The Labute approximate surface area is 181 Å². The van der Waals surface area contributed by atoms with Crippen LogP contribution in [0.15, 0.2) is 46.0 Å². The number of benzene rings is 1. The highest BCUT2D eigenvalue weighted by Crippen LogP contribution is 2.27. The van der Waals surface area contributed by atoms with Crippen LogP contribution in [0.25, 0.3) is 0 Å². The van der Waals surface area contributed by atoms with Crippen molar-refractivity contribution in [3.05, 3.63) is 47.3 Å². The summed E-state index contributed by atoms with van der Waals surface area (Å²) in [6.45, 7) is 6.18. The molecule has 3 rings (SSSR count). The molecule has 0 radical (unpaired) electrons. The predicted octanol–water partition coefficient (Wildman–Crippen LogP) is 3.32. The van der Waals surface area contributed by atoms with Gasteiger partial charge in [0.25, 0.3) is 15.9 Å². The second kappa shape index (κ2) is 8.87. The average Bonchev–Trinajstić information content (AvgIpc) is 3.23. The van der Waals surface area contributed by atoms with E-state index >= 15 is 0 Å². The van der Waals surface area contributed by atoms with Crippen molar-refractivity contribution >= 4 is 38.9 Å². The van der Waals surface area contributed by atoms with Crippen molar-refractivity contribution in [2.75, 3.05) is 18.4 Å². The molecule has 2 aromatic rings. The van der Waals surface area contributed by atoms with Crippen molar-refractivity contribution in [3.63, 3.8) is 0 Å². The van der Waals surface area contributed by atoms with E-state index in [1.807, 2.05) is 20.8 Å². The summed E-state index contributed by atoms with van der Waals surface area (Å²) in [5.74, 6) is -1.03. The Kier molecular flexibility index (Phi) is 6.64. The number of hydrogen-bond acceptors (Lipinski definition) is 5. The van der Waals surface area contributed by atoms with Crippen LogP contribution in [-0.4, -0.2) is 43.2 Å². The van der Waals surface area contributed by atoms with Crippen LogP contribution in [0.3, 0.4) is 0 Å². The largest absolute Gasteiger partial charge is 0.347 e. The van der Waals surface area contributed by atoms with Crippen molar-refractivity contribution in [2.24, 2.45) is 5.92 Å². The molecule has 0 spiro atoms. The summed E-state index contributed by atoms with van der Waals surface area (Å²) < 4.78 is 27.3. The molecule has 1 aliphatic rings. The number of carbonyl (C=O) groups excluding carboxylic acids is 2. The third-order valence-corrected chi connectivity index (χ3v) is 8.00. The number of hydrogen-bond donors (Lipinski definition) is 2. The van der Waals surface area contributed by atoms with Crippen molar-refractivity contribution in [1.29, 1.82) is 0 Å². The number of carbonyl (C=O) groups is 2. The van der Waals surface area contributed by atoms with Crippen LogP contribution in [-0.2, 0) is 14.8 Å². The molecule has 2 N–H and O–H groups in total. The molecule has 1 aromatic carbocycles. The molecule has 30 heavy (non-hydrogen) atoms. The fourth-order valence-corrected chi connectivity index (χ4v) is 6.01. The van der Waals surface area contributed by atoms with Crippen molar-refractivity contribution in [3.8, 4) is 0 Å². The zero-order valence-corrected chi connectivity index (χ0v) is 19.0. The number of para-hydroxylation sites is 1. The molecule has 2 heterocycles. The third-order valence-electron chi connectivity index (χ3n) is 4.76. The molecule has 1 aliphatic heterocycles. The van der Waals surface area contributed by atoms with Crippen LogP contribution in [0.5, 0.6) is 0 Å². The van der Waals surface area contributed by atoms with E-state index in [1.54, 1.807) is 41.8 Å². The first kappa shape index (κ1) is 22.5. The first-order chi connectivity index (χ1) is 14.1. The summed E-state index contributed by atoms with van der Waals surface area (Å²) in [7, 11) is -3.59. The number of nitrogens with one attached hydrogen (secondary N) is 2. The minimum atomic E-state index is -3.59. The monoisotopic (exact) mass is 449 g/mol. The smallest absolute Gasteiger partial charge is 0.253 e. The predicted molar refractivity (Wildman–Crippen MR) is 118 cm³/mol. The Morgan fingerprint density at radius 3 is 2.53 bits per heavy atom. The van der Waals surface area contributed by atoms with Crippen LogP contribution in [0.4, 0.5) is 5.69 Å². The lowest BCUT2D eigenvalue weighted by atomic mass is 9.98. The van der Waals surface area contributed by atoms with Gasteiger partial charge in [-0.2, -0.15) is 4.31 Å². The van der Waals surface area contributed by atoms with E-state index in [0.717, 1.165) is 0 Å². The lowest BCUT2D eigenvalue weighted by Gasteiger charge is -2.31. The fraction of sp³-hybridized carbons (Fsp3) is 0.429. The Morgan fingerprint density at radius 1 is 1.13 bits per heavy atom. The maximum absolute atomic E-state index is 12.9. The molecule has 162 valence electrons.